The van der Waals surface area contributed by atoms with Gasteiger partial charge in [-0.05, 0) is 92.3 Å². The Morgan fingerprint density at radius 1 is 0.388 bits per heavy atom. The maximum absolute atomic E-state index is 6.49. The van der Waals surface area contributed by atoms with Crippen LogP contribution in [0.3, 0.4) is 0 Å². The van der Waals surface area contributed by atoms with Gasteiger partial charge in [0.2, 0.25) is 0 Å². The minimum atomic E-state index is 0.859. The molecule has 49 heavy (non-hydrogen) atoms. The number of nitrogens with zero attached hydrogens (tertiary/aromatic N) is 1. The normalized spacial score (nSPS) is 12.1. The summed E-state index contributed by atoms with van der Waals surface area (Å²) < 4.78 is 14.7. The summed E-state index contributed by atoms with van der Waals surface area (Å²) in [4.78, 5) is 0. The van der Waals surface area contributed by atoms with Crippen molar-refractivity contribution >= 4 is 76.3 Å². The van der Waals surface area contributed by atoms with E-state index in [1.54, 1.807) is 6.26 Å². The van der Waals surface area contributed by atoms with Gasteiger partial charge >= 0.3 is 0 Å². The summed E-state index contributed by atoms with van der Waals surface area (Å²) in [6.07, 6.45) is 1.74. The van der Waals surface area contributed by atoms with E-state index >= 15 is 0 Å². The van der Waals surface area contributed by atoms with Gasteiger partial charge in [-0.1, -0.05) is 109 Å². The van der Waals surface area contributed by atoms with E-state index in [2.05, 4.69) is 156 Å². The Morgan fingerprint density at radius 3 is 1.69 bits per heavy atom. The number of hydrogen-bond donors (Lipinski definition) is 0. The molecule has 0 aliphatic rings. The van der Waals surface area contributed by atoms with Crippen molar-refractivity contribution in [3.8, 4) is 27.9 Å². The van der Waals surface area contributed by atoms with E-state index in [0.29, 0.717) is 0 Å². The van der Waals surface area contributed by atoms with Crippen molar-refractivity contribution < 1.29 is 8.83 Å². The van der Waals surface area contributed by atoms with Gasteiger partial charge in [0.1, 0.15) is 16.7 Å². The number of fused-ring (bicyclic) bond motifs is 9. The minimum absolute atomic E-state index is 0.859. The quantitative estimate of drug-likeness (QED) is 0.183. The van der Waals surface area contributed by atoms with Gasteiger partial charge in [-0.25, -0.2) is 0 Å². The molecule has 3 aromatic heterocycles. The first-order valence-corrected chi connectivity index (χ1v) is 16.7. The molecule has 0 saturated heterocycles. The number of aromatic nitrogens is 1. The summed E-state index contributed by atoms with van der Waals surface area (Å²) >= 11 is 0. The SMILES string of the molecule is c1ccc(-n2c3ccccc3c3c(-c4c5ccccc5c(-c5cccc6oc7cc8ccoc8cc7c56)c5ccccc45)cccc32)cc1. The first kappa shape index (κ1) is 26.5. The van der Waals surface area contributed by atoms with Gasteiger partial charge in [0.05, 0.1) is 17.3 Å². The molecule has 3 nitrogen and oxygen atoms in total. The van der Waals surface area contributed by atoms with Crippen molar-refractivity contribution in [2.24, 2.45) is 0 Å². The lowest BCUT2D eigenvalue weighted by Gasteiger charge is -2.19. The highest BCUT2D eigenvalue weighted by atomic mass is 16.3. The van der Waals surface area contributed by atoms with Crippen LogP contribution in [-0.4, -0.2) is 4.57 Å². The number of para-hydroxylation sites is 2. The smallest absolute Gasteiger partial charge is 0.136 e. The van der Waals surface area contributed by atoms with Crippen LogP contribution in [0, 0.1) is 0 Å². The Bertz CT molecular complexity index is 3050. The lowest BCUT2D eigenvalue weighted by atomic mass is 9.84. The molecular formula is C46H27NO2. The predicted octanol–water partition coefficient (Wildman–Crippen LogP) is 13.1. The van der Waals surface area contributed by atoms with E-state index in [0.717, 1.165) is 44.2 Å². The molecule has 228 valence electrons. The maximum atomic E-state index is 6.49. The van der Waals surface area contributed by atoms with Crippen molar-refractivity contribution in [1.82, 2.24) is 4.57 Å². The third kappa shape index (κ3) is 3.67. The van der Waals surface area contributed by atoms with E-state index in [1.807, 2.05) is 6.07 Å². The molecule has 0 bridgehead atoms. The van der Waals surface area contributed by atoms with E-state index in [9.17, 15) is 0 Å². The average molecular weight is 626 g/mol. The third-order valence-corrected chi connectivity index (χ3v) is 10.3. The molecule has 11 aromatic rings. The van der Waals surface area contributed by atoms with Gasteiger partial charge in [-0.3, -0.25) is 0 Å². The molecule has 0 N–H and O–H groups in total. The fourth-order valence-corrected chi connectivity index (χ4v) is 8.28. The van der Waals surface area contributed by atoms with Gasteiger partial charge in [0.15, 0.2) is 0 Å². The standard InChI is InChI=1S/C46H27NO2/c1-2-12-29(13-3-1)47-38-21-9-8-18-34(38)45-35(19-10-22-39(45)47)43-30-14-4-6-16-32(30)44(33-17-7-5-15-31(33)43)36-20-11-23-40-46(36)37-27-41-28(24-25-48-41)26-42(37)49-40/h1-27H. The molecule has 0 radical (unpaired) electrons. The minimum Gasteiger partial charge on any atom is -0.464 e. The Kier molecular flexibility index (Phi) is 5.38. The molecule has 0 amide bonds. The second kappa shape index (κ2) is 9.96. The zero-order chi connectivity index (χ0) is 32.1. The van der Waals surface area contributed by atoms with E-state index < -0.39 is 0 Å². The lowest BCUT2D eigenvalue weighted by molar-refractivity contribution is 0.616. The highest BCUT2D eigenvalue weighted by molar-refractivity contribution is 6.29. The van der Waals surface area contributed by atoms with Crippen LogP contribution in [0.25, 0.3) is 104 Å². The molecule has 0 aliphatic heterocycles. The number of hydrogen-bond acceptors (Lipinski definition) is 2. The van der Waals surface area contributed by atoms with Crippen molar-refractivity contribution in [3.63, 3.8) is 0 Å². The predicted molar refractivity (Wildman–Crippen MR) is 204 cm³/mol. The highest BCUT2D eigenvalue weighted by Gasteiger charge is 2.23. The van der Waals surface area contributed by atoms with Crippen molar-refractivity contribution in [2.45, 2.75) is 0 Å². The largest absolute Gasteiger partial charge is 0.464 e. The first-order chi connectivity index (χ1) is 24.3. The van der Waals surface area contributed by atoms with Crippen LogP contribution in [-0.2, 0) is 0 Å². The van der Waals surface area contributed by atoms with Crippen molar-refractivity contribution in [3.05, 3.63) is 164 Å². The monoisotopic (exact) mass is 625 g/mol. The third-order valence-electron chi connectivity index (χ3n) is 10.3. The summed E-state index contributed by atoms with van der Waals surface area (Å²) in [7, 11) is 0. The summed E-state index contributed by atoms with van der Waals surface area (Å²) in [5.41, 5.74) is 11.0. The molecular weight excluding hydrogens is 599 g/mol. The molecule has 8 aromatic carbocycles. The zero-order valence-corrected chi connectivity index (χ0v) is 26.4. The van der Waals surface area contributed by atoms with Crippen LogP contribution in [0.4, 0.5) is 0 Å². The van der Waals surface area contributed by atoms with E-state index in [-0.39, 0.29) is 0 Å². The van der Waals surface area contributed by atoms with Gasteiger partial charge in [-0.2, -0.15) is 0 Å². The van der Waals surface area contributed by atoms with Crippen LogP contribution in [0.5, 0.6) is 0 Å². The van der Waals surface area contributed by atoms with Gasteiger partial charge in [-0.15, -0.1) is 0 Å². The van der Waals surface area contributed by atoms with E-state index in [1.165, 1.54) is 60.0 Å². The van der Waals surface area contributed by atoms with Crippen molar-refractivity contribution in [2.75, 3.05) is 0 Å². The topological polar surface area (TPSA) is 31.2 Å². The highest BCUT2D eigenvalue weighted by Crippen LogP contribution is 2.49. The maximum Gasteiger partial charge on any atom is 0.136 e. The fourth-order valence-electron chi connectivity index (χ4n) is 8.28. The summed E-state index contributed by atoms with van der Waals surface area (Å²) in [5, 5.41) is 10.6. The molecule has 0 spiro atoms. The lowest BCUT2D eigenvalue weighted by Crippen LogP contribution is -1.94. The first-order valence-electron chi connectivity index (χ1n) is 16.7. The summed E-state index contributed by atoms with van der Waals surface area (Å²) in [6, 6.07) is 56.6. The number of rotatable bonds is 3. The molecule has 0 unspecified atom stereocenters. The molecule has 11 rings (SSSR count). The molecule has 0 atom stereocenters. The van der Waals surface area contributed by atoms with Crippen LogP contribution in [0.1, 0.15) is 0 Å². The Labute approximate surface area is 280 Å². The van der Waals surface area contributed by atoms with Crippen LogP contribution in [0.2, 0.25) is 0 Å². The van der Waals surface area contributed by atoms with E-state index in [4.69, 9.17) is 8.83 Å². The zero-order valence-electron chi connectivity index (χ0n) is 26.4. The molecule has 3 heteroatoms. The number of furan rings is 2. The van der Waals surface area contributed by atoms with Crippen LogP contribution >= 0.6 is 0 Å². The average Bonchev–Trinajstić information content (AvgIpc) is 3.86. The molecule has 0 saturated carbocycles. The van der Waals surface area contributed by atoms with Gasteiger partial charge in [0.25, 0.3) is 0 Å². The molecule has 0 aliphatic carbocycles. The summed E-state index contributed by atoms with van der Waals surface area (Å²) in [5.74, 6) is 0. The fraction of sp³-hybridized carbons (Fsp3) is 0. The van der Waals surface area contributed by atoms with Crippen molar-refractivity contribution in [1.29, 1.82) is 0 Å². The Hall–Kier alpha value is -6.58. The second-order valence-electron chi connectivity index (χ2n) is 12.8. The van der Waals surface area contributed by atoms with Gasteiger partial charge in [0, 0.05) is 32.6 Å². The molecule has 3 heterocycles. The summed E-state index contributed by atoms with van der Waals surface area (Å²) in [6.45, 7) is 0. The Morgan fingerprint density at radius 2 is 0.980 bits per heavy atom. The number of benzene rings is 8. The Balaban J connectivity index is 1.29. The van der Waals surface area contributed by atoms with Gasteiger partial charge < -0.3 is 13.4 Å². The van der Waals surface area contributed by atoms with Crippen LogP contribution < -0.4 is 0 Å². The second-order valence-corrected chi connectivity index (χ2v) is 12.8. The van der Waals surface area contributed by atoms with Crippen LogP contribution in [0.15, 0.2) is 173 Å². The molecule has 0 fully saturated rings.